The molecule has 0 atom stereocenters. The van der Waals surface area contributed by atoms with E-state index in [1.807, 2.05) is 0 Å². The van der Waals surface area contributed by atoms with Gasteiger partial charge < -0.3 is 14.3 Å². The maximum Gasteiger partial charge on any atom is 0.396 e. The molecule has 0 saturated heterocycles. The summed E-state index contributed by atoms with van der Waals surface area (Å²) in [6.07, 6.45) is -0.152. The molecular weight excluding hydrogens is 214 g/mol. The van der Waals surface area contributed by atoms with Gasteiger partial charge in [-0.05, 0) is 18.2 Å². The maximum atomic E-state index is 11.5. The molecule has 0 aliphatic carbocycles. The number of aromatic carboxylic acids is 1. The second kappa shape index (κ2) is 3.65. The molecule has 0 fully saturated rings. The van der Waals surface area contributed by atoms with Crippen LogP contribution in [0.2, 0.25) is 0 Å². The number of hydrogen-bond acceptors (Lipinski definition) is 5. The Hall–Kier alpha value is -2.37. The number of carboxylic acid groups (broad SMARTS) is 1. The van der Waals surface area contributed by atoms with Crippen molar-refractivity contribution in [3.05, 3.63) is 34.2 Å². The van der Waals surface area contributed by atoms with Gasteiger partial charge in [0.25, 0.3) is 0 Å². The minimum absolute atomic E-state index is 0.00627. The quantitative estimate of drug-likeness (QED) is 0.810. The first-order valence-electron chi connectivity index (χ1n) is 4.34. The third-order valence-corrected chi connectivity index (χ3v) is 2.03. The van der Waals surface area contributed by atoms with Crippen molar-refractivity contribution in [1.82, 2.24) is 4.98 Å². The highest BCUT2D eigenvalue weighted by molar-refractivity contribution is 5.92. The van der Waals surface area contributed by atoms with Gasteiger partial charge in [0.15, 0.2) is 0 Å². The number of hydrogen-bond donors (Lipinski definition) is 1. The summed E-state index contributed by atoms with van der Waals surface area (Å²) in [5.74, 6) is -1.11. The van der Waals surface area contributed by atoms with Crippen LogP contribution in [0.25, 0.3) is 10.9 Å². The van der Waals surface area contributed by atoms with Gasteiger partial charge in [-0.2, -0.15) is 4.98 Å². The summed E-state index contributed by atoms with van der Waals surface area (Å²) in [5, 5.41) is 8.87. The van der Waals surface area contributed by atoms with Gasteiger partial charge in [-0.15, -0.1) is 0 Å². The van der Waals surface area contributed by atoms with E-state index in [1.54, 1.807) is 0 Å². The zero-order valence-electron chi connectivity index (χ0n) is 8.26. The highest BCUT2D eigenvalue weighted by Gasteiger charge is 2.09. The number of methoxy groups -OCH3 is 1. The highest BCUT2D eigenvalue weighted by Crippen LogP contribution is 2.14. The number of nitrogens with zero attached hydrogens (tertiary/aromatic N) is 1. The topological polar surface area (TPSA) is 89.6 Å². The lowest BCUT2D eigenvalue weighted by molar-refractivity contribution is 0.0697. The van der Waals surface area contributed by atoms with Crippen molar-refractivity contribution >= 4 is 16.9 Å². The maximum absolute atomic E-state index is 11.5. The van der Waals surface area contributed by atoms with Gasteiger partial charge in [0, 0.05) is 0 Å². The van der Waals surface area contributed by atoms with E-state index in [0.29, 0.717) is 5.52 Å². The second-order valence-corrected chi connectivity index (χ2v) is 3.01. The molecule has 6 heteroatoms. The van der Waals surface area contributed by atoms with Crippen molar-refractivity contribution in [2.45, 2.75) is 0 Å². The monoisotopic (exact) mass is 221 g/mol. The van der Waals surface area contributed by atoms with Crippen molar-refractivity contribution in [3.63, 3.8) is 0 Å². The number of rotatable bonds is 2. The fourth-order valence-corrected chi connectivity index (χ4v) is 1.27. The smallest absolute Gasteiger partial charge is 0.396 e. The minimum Gasteiger partial charge on any atom is -0.478 e. The number of benzene rings is 1. The molecule has 2 rings (SSSR count). The SMILES string of the molecule is COc1nc2ccc(C(=O)O)cc2c(=O)o1. The molecule has 0 bridgehead atoms. The number of fused-ring (bicyclic) bond motifs is 1. The molecule has 82 valence electrons. The van der Waals surface area contributed by atoms with E-state index >= 15 is 0 Å². The van der Waals surface area contributed by atoms with E-state index in [1.165, 1.54) is 25.3 Å². The summed E-state index contributed by atoms with van der Waals surface area (Å²) in [5.41, 5.74) is -0.338. The molecule has 2 aromatic rings. The zero-order valence-corrected chi connectivity index (χ0v) is 8.26. The van der Waals surface area contributed by atoms with E-state index in [9.17, 15) is 9.59 Å². The van der Waals surface area contributed by atoms with Crippen molar-refractivity contribution < 1.29 is 19.1 Å². The number of aromatic nitrogens is 1. The molecule has 0 unspecified atom stereocenters. The Labute approximate surface area is 89.1 Å². The minimum atomic E-state index is -1.11. The van der Waals surface area contributed by atoms with Crippen LogP contribution in [0.5, 0.6) is 6.08 Å². The number of carbonyl (C=O) groups is 1. The van der Waals surface area contributed by atoms with Gasteiger partial charge in [-0.25, -0.2) is 9.59 Å². The molecule has 0 aliphatic rings. The molecule has 0 amide bonds. The first kappa shape index (κ1) is 10.2. The van der Waals surface area contributed by atoms with E-state index in [4.69, 9.17) is 9.52 Å². The molecule has 0 saturated carbocycles. The highest BCUT2D eigenvalue weighted by atomic mass is 16.6. The van der Waals surface area contributed by atoms with Gasteiger partial charge in [0.2, 0.25) is 0 Å². The first-order valence-corrected chi connectivity index (χ1v) is 4.34. The Bertz CT molecular complexity index is 616. The van der Waals surface area contributed by atoms with Gasteiger partial charge >= 0.3 is 17.7 Å². The third-order valence-electron chi connectivity index (χ3n) is 2.03. The van der Waals surface area contributed by atoms with Gasteiger partial charge in [0.05, 0.1) is 23.6 Å². The van der Waals surface area contributed by atoms with Crippen molar-refractivity contribution in [3.8, 4) is 6.08 Å². The van der Waals surface area contributed by atoms with E-state index in [0.717, 1.165) is 0 Å². The summed E-state index contributed by atoms with van der Waals surface area (Å²) in [6, 6.07) is 4.00. The Morgan fingerprint density at radius 1 is 1.50 bits per heavy atom. The average Bonchev–Trinajstić information content (AvgIpc) is 2.28. The second-order valence-electron chi connectivity index (χ2n) is 3.01. The molecular formula is C10H7NO5. The largest absolute Gasteiger partial charge is 0.478 e. The predicted molar refractivity (Wildman–Crippen MR) is 53.8 cm³/mol. The van der Waals surface area contributed by atoms with E-state index < -0.39 is 11.6 Å². The molecule has 1 N–H and O–H groups in total. The predicted octanol–water partition coefficient (Wildman–Crippen LogP) is 0.895. The summed E-state index contributed by atoms with van der Waals surface area (Å²) in [4.78, 5) is 26.0. The Kier molecular flexibility index (Phi) is 2.32. The van der Waals surface area contributed by atoms with Crippen LogP contribution >= 0.6 is 0 Å². The van der Waals surface area contributed by atoms with Crippen LogP contribution in [0, 0.1) is 0 Å². The number of carboxylic acids is 1. The molecule has 1 heterocycles. The lowest BCUT2D eigenvalue weighted by atomic mass is 10.1. The van der Waals surface area contributed by atoms with Gasteiger partial charge in [0.1, 0.15) is 0 Å². The number of ether oxygens (including phenoxy) is 1. The Morgan fingerprint density at radius 2 is 2.25 bits per heavy atom. The van der Waals surface area contributed by atoms with Crippen LogP contribution in [0.1, 0.15) is 10.4 Å². The van der Waals surface area contributed by atoms with E-state index in [-0.39, 0.29) is 17.0 Å². The lowest BCUT2D eigenvalue weighted by Crippen LogP contribution is -2.05. The van der Waals surface area contributed by atoms with Crippen LogP contribution in [-0.2, 0) is 0 Å². The normalized spacial score (nSPS) is 10.3. The summed E-state index contributed by atoms with van der Waals surface area (Å²) >= 11 is 0. The molecule has 1 aromatic carbocycles. The van der Waals surface area contributed by atoms with Crippen molar-refractivity contribution in [2.75, 3.05) is 7.11 Å². The fourth-order valence-electron chi connectivity index (χ4n) is 1.27. The Morgan fingerprint density at radius 3 is 2.88 bits per heavy atom. The molecule has 1 aromatic heterocycles. The molecule has 0 spiro atoms. The third kappa shape index (κ3) is 1.60. The van der Waals surface area contributed by atoms with Crippen LogP contribution in [0.3, 0.4) is 0 Å². The standard InChI is InChI=1S/C10H7NO5/c1-15-10-11-7-3-2-5(8(12)13)4-6(7)9(14)16-10/h2-4H,1H3,(H,12,13). The Balaban J connectivity index is 2.75. The first-order chi connectivity index (χ1) is 7.61. The van der Waals surface area contributed by atoms with Crippen LogP contribution in [0.15, 0.2) is 27.4 Å². The summed E-state index contributed by atoms with van der Waals surface area (Å²) in [7, 11) is 1.32. The summed E-state index contributed by atoms with van der Waals surface area (Å²) in [6.45, 7) is 0. The van der Waals surface area contributed by atoms with Crippen molar-refractivity contribution in [1.29, 1.82) is 0 Å². The fraction of sp³-hybridized carbons (Fsp3) is 0.100. The average molecular weight is 221 g/mol. The van der Waals surface area contributed by atoms with Crippen LogP contribution in [-0.4, -0.2) is 23.2 Å². The van der Waals surface area contributed by atoms with Crippen LogP contribution < -0.4 is 10.4 Å². The molecule has 0 aliphatic heterocycles. The molecule has 16 heavy (non-hydrogen) atoms. The van der Waals surface area contributed by atoms with E-state index in [2.05, 4.69) is 9.72 Å². The lowest BCUT2D eigenvalue weighted by Gasteiger charge is -2.00. The molecule has 6 nitrogen and oxygen atoms in total. The van der Waals surface area contributed by atoms with Crippen LogP contribution in [0.4, 0.5) is 0 Å². The summed E-state index contributed by atoms with van der Waals surface area (Å²) < 4.78 is 9.38. The van der Waals surface area contributed by atoms with Gasteiger partial charge in [-0.1, -0.05) is 0 Å². The van der Waals surface area contributed by atoms with Gasteiger partial charge in [-0.3, -0.25) is 0 Å². The molecule has 0 radical (unpaired) electrons. The zero-order chi connectivity index (χ0) is 11.7. The van der Waals surface area contributed by atoms with Crippen molar-refractivity contribution in [2.24, 2.45) is 0 Å².